The molecule has 0 saturated heterocycles. The van der Waals surface area contributed by atoms with Crippen molar-refractivity contribution in [2.45, 2.75) is 19.8 Å². The molecule has 0 heterocycles. The molecule has 24 heavy (non-hydrogen) atoms. The molecule has 0 fully saturated rings. The number of hydrogen-bond donors (Lipinski definition) is 1. The molecule has 0 aliphatic heterocycles. The van der Waals surface area contributed by atoms with Gasteiger partial charge in [0.1, 0.15) is 12.4 Å². The van der Waals surface area contributed by atoms with Crippen LogP contribution in [-0.2, 0) is 0 Å². The van der Waals surface area contributed by atoms with E-state index >= 15 is 0 Å². The second kappa shape index (κ2) is 8.34. The average Bonchev–Trinajstić information content (AvgIpc) is 2.58. The van der Waals surface area contributed by atoms with Crippen molar-refractivity contribution in [3.63, 3.8) is 0 Å². The quantitative estimate of drug-likeness (QED) is 0.786. The normalized spacial score (nSPS) is 10.5. The average molecular weight is 331 g/mol. The molecule has 2 rings (SSSR count). The van der Waals surface area contributed by atoms with E-state index in [0.29, 0.717) is 19.1 Å². The first-order chi connectivity index (χ1) is 11.5. The van der Waals surface area contributed by atoms with Gasteiger partial charge in [-0.2, -0.15) is 0 Å². The van der Waals surface area contributed by atoms with E-state index in [1.165, 1.54) is 19.2 Å². The molecule has 5 heteroatoms. The lowest BCUT2D eigenvalue weighted by Gasteiger charge is -2.14. The van der Waals surface area contributed by atoms with Crippen LogP contribution in [-0.4, -0.2) is 26.2 Å². The van der Waals surface area contributed by atoms with E-state index in [2.05, 4.69) is 19.2 Å². The van der Waals surface area contributed by atoms with Crippen LogP contribution < -0.4 is 14.8 Å². The second-order valence-electron chi connectivity index (χ2n) is 5.65. The van der Waals surface area contributed by atoms with Gasteiger partial charge in [-0.15, -0.1) is 0 Å². The summed E-state index contributed by atoms with van der Waals surface area (Å²) in [5.74, 6) is 0.375. The van der Waals surface area contributed by atoms with Crippen LogP contribution in [0.4, 0.5) is 4.39 Å². The number of nitrogens with one attached hydrogen (secondary N) is 1. The summed E-state index contributed by atoms with van der Waals surface area (Å²) in [6, 6.07) is 11.9. The topological polar surface area (TPSA) is 47.6 Å². The Morgan fingerprint density at radius 1 is 1.17 bits per heavy atom. The molecule has 0 aliphatic rings. The summed E-state index contributed by atoms with van der Waals surface area (Å²) < 4.78 is 24.2. The molecule has 0 saturated carbocycles. The van der Waals surface area contributed by atoms with Crippen LogP contribution in [0.25, 0.3) is 0 Å². The van der Waals surface area contributed by atoms with Crippen molar-refractivity contribution in [2.75, 3.05) is 20.3 Å². The third-order valence-electron chi connectivity index (χ3n) is 3.60. The van der Waals surface area contributed by atoms with Gasteiger partial charge in [-0.3, -0.25) is 4.79 Å². The summed E-state index contributed by atoms with van der Waals surface area (Å²) in [6.07, 6.45) is 0. The smallest absolute Gasteiger partial charge is 0.251 e. The maximum atomic E-state index is 13.6. The van der Waals surface area contributed by atoms with Crippen LogP contribution >= 0.6 is 0 Å². The summed E-state index contributed by atoms with van der Waals surface area (Å²) in [7, 11) is 1.38. The number of rotatable bonds is 7. The molecule has 4 nitrogen and oxygen atoms in total. The predicted molar refractivity (Wildman–Crippen MR) is 91.3 cm³/mol. The van der Waals surface area contributed by atoms with Gasteiger partial charge in [-0.05, 0) is 35.7 Å². The van der Waals surface area contributed by atoms with E-state index in [9.17, 15) is 9.18 Å². The molecule has 0 radical (unpaired) electrons. The molecule has 0 spiro atoms. The Morgan fingerprint density at radius 2 is 1.92 bits per heavy atom. The summed E-state index contributed by atoms with van der Waals surface area (Å²) in [5, 5.41) is 2.71. The zero-order chi connectivity index (χ0) is 17.5. The van der Waals surface area contributed by atoms with Crippen LogP contribution in [0.2, 0.25) is 0 Å². The Bertz CT molecular complexity index is 701. The van der Waals surface area contributed by atoms with Gasteiger partial charge in [-0.1, -0.05) is 32.0 Å². The molecule has 1 N–H and O–H groups in total. The minimum atomic E-state index is -0.563. The molecule has 0 unspecified atom stereocenters. The summed E-state index contributed by atoms with van der Waals surface area (Å²) in [6.45, 7) is 4.87. The van der Waals surface area contributed by atoms with E-state index in [4.69, 9.17) is 9.47 Å². The molecule has 1 amide bonds. The predicted octanol–water partition coefficient (Wildman–Crippen LogP) is 3.77. The van der Waals surface area contributed by atoms with Gasteiger partial charge in [0.2, 0.25) is 0 Å². The minimum Gasteiger partial charge on any atom is -0.494 e. The molecule has 0 aliphatic carbocycles. The number of amides is 1. The van der Waals surface area contributed by atoms with Crippen LogP contribution in [0.1, 0.15) is 35.7 Å². The lowest BCUT2D eigenvalue weighted by Crippen LogP contribution is -2.28. The highest BCUT2D eigenvalue weighted by Crippen LogP contribution is 2.25. The lowest BCUT2D eigenvalue weighted by atomic mass is 10.0. The van der Waals surface area contributed by atoms with Crippen molar-refractivity contribution in [3.8, 4) is 11.5 Å². The van der Waals surface area contributed by atoms with Gasteiger partial charge >= 0.3 is 0 Å². The van der Waals surface area contributed by atoms with E-state index in [1.807, 2.05) is 24.3 Å². The van der Waals surface area contributed by atoms with Gasteiger partial charge in [-0.25, -0.2) is 4.39 Å². The highest BCUT2D eigenvalue weighted by molar-refractivity contribution is 5.94. The Labute approximate surface area is 141 Å². The van der Waals surface area contributed by atoms with Crippen molar-refractivity contribution < 1.29 is 18.7 Å². The van der Waals surface area contributed by atoms with Crippen molar-refractivity contribution in [2.24, 2.45) is 0 Å². The highest BCUT2D eigenvalue weighted by Gasteiger charge is 2.10. The van der Waals surface area contributed by atoms with E-state index in [-0.39, 0.29) is 17.2 Å². The Balaban J connectivity index is 1.86. The third-order valence-corrected chi connectivity index (χ3v) is 3.60. The lowest BCUT2D eigenvalue weighted by molar-refractivity contribution is 0.0946. The Kier molecular flexibility index (Phi) is 6.18. The number of halogens is 1. The molecule has 2 aromatic carbocycles. The zero-order valence-electron chi connectivity index (χ0n) is 14.1. The maximum Gasteiger partial charge on any atom is 0.251 e. The first-order valence-electron chi connectivity index (χ1n) is 7.86. The number of carbonyl (C=O) groups is 1. The van der Waals surface area contributed by atoms with Crippen molar-refractivity contribution >= 4 is 5.91 Å². The molecule has 0 bridgehead atoms. The number of ether oxygens (including phenoxy) is 2. The first kappa shape index (κ1) is 17.8. The van der Waals surface area contributed by atoms with Crippen LogP contribution in [0.5, 0.6) is 11.5 Å². The molecular formula is C19H22FNO3. The molecule has 0 atom stereocenters. The molecule has 2 aromatic rings. The van der Waals surface area contributed by atoms with Crippen LogP contribution in [0.15, 0.2) is 42.5 Å². The van der Waals surface area contributed by atoms with Crippen molar-refractivity contribution in [3.05, 3.63) is 59.4 Å². The SMILES string of the molecule is COc1ccc(C(=O)NCCOc2ccccc2C(C)C)cc1F. The molecular weight excluding hydrogens is 309 g/mol. The van der Waals surface area contributed by atoms with Crippen molar-refractivity contribution in [1.29, 1.82) is 0 Å². The fraction of sp³-hybridized carbons (Fsp3) is 0.316. The number of benzene rings is 2. The van der Waals surface area contributed by atoms with Gasteiger partial charge < -0.3 is 14.8 Å². The number of hydrogen-bond acceptors (Lipinski definition) is 3. The fourth-order valence-electron chi connectivity index (χ4n) is 2.32. The van der Waals surface area contributed by atoms with Crippen LogP contribution in [0.3, 0.4) is 0 Å². The fourth-order valence-corrected chi connectivity index (χ4v) is 2.32. The monoisotopic (exact) mass is 331 g/mol. The second-order valence-corrected chi connectivity index (χ2v) is 5.65. The van der Waals surface area contributed by atoms with Crippen LogP contribution in [0, 0.1) is 5.82 Å². The van der Waals surface area contributed by atoms with E-state index in [1.54, 1.807) is 0 Å². The van der Waals surface area contributed by atoms with Gasteiger partial charge in [0.25, 0.3) is 5.91 Å². The minimum absolute atomic E-state index is 0.111. The van der Waals surface area contributed by atoms with Gasteiger partial charge in [0.05, 0.1) is 13.7 Å². The number of para-hydroxylation sites is 1. The zero-order valence-corrected chi connectivity index (χ0v) is 14.1. The highest BCUT2D eigenvalue weighted by atomic mass is 19.1. The van der Waals surface area contributed by atoms with Crippen molar-refractivity contribution in [1.82, 2.24) is 5.32 Å². The van der Waals surface area contributed by atoms with E-state index in [0.717, 1.165) is 17.4 Å². The largest absolute Gasteiger partial charge is 0.494 e. The summed E-state index contributed by atoms with van der Waals surface area (Å²) >= 11 is 0. The standard InChI is InChI=1S/C19H22FNO3/c1-13(2)15-6-4-5-7-17(15)24-11-10-21-19(22)14-8-9-18(23-3)16(20)12-14/h4-9,12-13H,10-11H2,1-3H3,(H,21,22). The number of methoxy groups -OCH3 is 1. The maximum absolute atomic E-state index is 13.6. The number of carbonyl (C=O) groups excluding carboxylic acids is 1. The van der Waals surface area contributed by atoms with Gasteiger partial charge in [0, 0.05) is 5.56 Å². The Hall–Kier alpha value is -2.56. The summed E-state index contributed by atoms with van der Waals surface area (Å²) in [4.78, 5) is 12.0. The first-order valence-corrected chi connectivity index (χ1v) is 7.86. The van der Waals surface area contributed by atoms with E-state index < -0.39 is 5.82 Å². The Morgan fingerprint density at radius 3 is 2.58 bits per heavy atom. The summed E-state index contributed by atoms with van der Waals surface area (Å²) in [5.41, 5.74) is 1.37. The third kappa shape index (κ3) is 4.47. The molecule has 128 valence electrons. The molecule has 0 aromatic heterocycles. The van der Waals surface area contributed by atoms with Gasteiger partial charge in [0.15, 0.2) is 11.6 Å².